The zero-order valence-electron chi connectivity index (χ0n) is 12.0. The molecule has 0 saturated heterocycles. The number of halogens is 1. The van der Waals surface area contributed by atoms with E-state index in [4.69, 9.17) is 16.3 Å². The number of benzene rings is 1. The highest BCUT2D eigenvalue weighted by atomic mass is 35.5. The molecule has 110 valence electrons. The zero-order valence-corrected chi connectivity index (χ0v) is 12.7. The maximum atomic E-state index is 12.5. The van der Waals surface area contributed by atoms with Crippen molar-refractivity contribution in [3.05, 3.63) is 53.6 Å². The first-order chi connectivity index (χ1) is 10.1. The van der Waals surface area contributed by atoms with Crippen molar-refractivity contribution in [2.45, 2.75) is 26.4 Å². The second-order valence-corrected chi connectivity index (χ2v) is 5.58. The lowest BCUT2D eigenvalue weighted by Crippen LogP contribution is -2.30. The molecule has 0 saturated carbocycles. The number of carbonyl (C=O) groups is 1. The van der Waals surface area contributed by atoms with Gasteiger partial charge in [0.2, 0.25) is 5.78 Å². The van der Waals surface area contributed by atoms with E-state index < -0.39 is 6.10 Å². The first kappa shape index (κ1) is 15.4. The van der Waals surface area contributed by atoms with Crippen LogP contribution < -0.4 is 4.74 Å². The largest absolute Gasteiger partial charge is 0.482 e. The normalized spacial score (nSPS) is 12.2. The third kappa shape index (κ3) is 4.53. The second-order valence-electron chi connectivity index (χ2n) is 5.14. The summed E-state index contributed by atoms with van der Waals surface area (Å²) in [6, 6.07) is 6.96. The summed E-state index contributed by atoms with van der Waals surface area (Å²) in [5, 5.41) is 0.628. The van der Waals surface area contributed by atoms with E-state index in [0.717, 1.165) is 0 Å². The molecule has 0 bridgehead atoms. The SMILES string of the molecule is CC(C)CC(Oc1ccc(Cl)cc1)C(=O)c1cnccn1. The molecule has 2 rings (SSSR count). The Bertz CT molecular complexity index is 585. The van der Waals surface area contributed by atoms with E-state index in [2.05, 4.69) is 9.97 Å². The molecule has 4 nitrogen and oxygen atoms in total. The lowest BCUT2D eigenvalue weighted by Gasteiger charge is -2.19. The standard InChI is InChI=1S/C16H17ClN2O2/c1-11(2)9-15(16(20)14-10-18-7-8-19-14)21-13-5-3-12(17)4-6-13/h3-8,10-11,15H,9H2,1-2H3. The van der Waals surface area contributed by atoms with Gasteiger partial charge in [0, 0.05) is 17.4 Å². The van der Waals surface area contributed by atoms with Crippen LogP contribution in [0.4, 0.5) is 0 Å². The van der Waals surface area contributed by atoms with Gasteiger partial charge in [-0.3, -0.25) is 9.78 Å². The Hall–Kier alpha value is -1.94. The molecule has 0 aliphatic heterocycles. The lowest BCUT2D eigenvalue weighted by atomic mass is 10.0. The van der Waals surface area contributed by atoms with E-state index in [9.17, 15) is 4.79 Å². The fourth-order valence-corrected chi connectivity index (χ4v) is 2.03. The number of hydrogen-bond donors (Lipinski definition) is 0. The Labute approximate surface area is 129 Å². The Kier molecular flexibility index (Phi) is 5.28. The minimum Gasteiger partial charge on any atom is -0.482 e. The molecular weight excluding hydrogens is 288 g/mol. The van der Waals surface area contributed by atoms with Gasteiger partial charge >= 0.3 is 0 Å². The lowest BCUT2D eigenvalue weighted by molar-refractivity contribution is 0.0750. The number of ether oxygens (including phenoxy) is 1. The molecule has 1 aromatic heterocycles. The van der Waals surface area contributed by atoms with Gasteiger partial charge < -0.3 is 4.74 Å². The van der Waals surface area contributed by atoms with Crippen LogP contribution in [0.5, 0.6) is 5.75 Å². The Morgan fingerprint density at radius 1 is 1.24 bits per heavy atom. The van der Waals surface area contributed by atoms with E-state index in [1.165, 1.54) is 18.6 Å². The molecule has 0 spiro atoms. The van der Waals surface area contributed by atoms with Crippen molar-refractivity contribution < 1.29 is 9.53 Å². The molecule has 5 heteroatoms. The van der Waals surface area contributed by atoms with Crippen LogP contribution in [0, 0.1) is 5.92 Å². The van der Waals surface area contributed by atoms with Crippen LogP contribution >= 0.6 is 11.6 Å². The van der Waals surface area contributed by atoms with Crippen molar-refractivity contribution >= 4 is 17.4 Å². The summed E-state index contributed by atoms with van der Waals surface area (Å²) < 4.78 is 5.82. The van der Waals surface area contributed by atoms with Crippen molar-refractivity contribution in [3.63, 3.8) is 0 Å². The van der Waals surface area contributed by atoms with E-state index >= 15 is 0 Å². The van der Waals surface area contributed by atoms with Crippen molar-refractivity contribution in [3.8, 4) is 5.75 Å². The topological polar surface area (TPSA) is 52.1 Å². The first-order valence-electron chi connectivity index (χ1n) is 6.78. The Morgan fingerprint density at radius 2 is 1.95 bits per heavy atom. The predicted octanol–water partition coefficient (Wildman–Crippen LogP) is 3.81. The summed E-state index contributed by atoms with van der Waals surface area (Å²) in [6.45, 7) is 4.09. The van der Waals surface area contributed by atoms with Crippen LogP contribution in [0.1, 0.15) is 30.8 Å². The Morgan fingerprint density at radius 3 is 2.52 bits per heavy atom. The van der Waals surface area contributed by atoms with Crippen molar-refractivity contribution in [1.82, 2.24) is 9.97 Å². The van der Waals surface area contributed by atoms with Gasteiger partial charge in [-0.1, -0.05) is 25.4 Å². The molecule has 0 amide bonds. The molecule has 0 radical (unpaired) electrons. The molecule has 1 heterocycles. The van der Waals surface area contributed by atoms with Crippen molar-refractivity contribution in [2.24, 2.45) is 5.92 Å². The quantitative estimate of drug-likeness (QED) is 0.762. The van der Waals surface area contributed by atoms with Crippen LogP contribution in [-0.4, -0.2) is 21.9 Å². The highest BCUT2D eigenvalue weighted by molar-refractivity contribution is 6.30. The Balaban J connectivity index is 2.18. The first-order valence-corrected chi connectivity index (χ1v) is 7.16. The highest BCUT2D eigenvalue weighted by Gasteiger charge is 2.24. The predicted molar refractivity (Wildman–Crippen MR) is 81.7 cm³/mol. The monoisotopic (exact) mass is 304 g/mol. The molecule has 1 atom stereocenters. The van der Waals surface area contributed by atoms with Gasteiger partial charge in [0.25, 0.3) is 0 Å². The summed E-state index contributed by atoms with van der Waals surface area (Å²) in [7, 11) is 0. The third-order valence-corrected chi connectivity index (χ3v) is 3.14. The molecule has 1 aromatic carbocycles. The number of rotatable bonds is 6. The van der Waals surface area contributed by atoms with Crippen LogP contribution in [0.2, 0.25) is 5.02 Å². The molecule has 2 aromatic rings. The fourth-order valence-electron chi connectivity index (χ4n) is 1.91. The average molecular weight is 305 g/mol. The number of aromatic nitrogens is 2. The molecule has 21 heavy (non-hydrogen) atoms. The van der Waals surface area contributed by atoms with E-state index in [0.29, 0.717) is 28.8 Å². The van der Waals surface area contributed by atoms with Crippen LogP contribution in [-0.2, 0) is 0 Å². The van der Waals surface area contributed by atoms with E-state index in [-0.39, 0.29) is 5.78 Å². The van der Waals surface area contributed by atoms with Gasteiger partial charge in [0.05, 0.1) is 6.20 Å². The van der Waals surface area contributed by atoms with Gasteiger partial charge in [-0.25, -0.2) is 4.98 Å². The number of nitrogens with zero attached hydrogens (tertiary/aromatic N) is 2. The molecular formula is C16H17ClN2O2. The smallest absolute Gasteiger partial charge is 0.223 e. The summed E-state index contributed by atoms with van der Waals surface area (Å²) in [5.41, 5.74) is 0.317. The zero-order chi connectivity index (χ0) is 15.2. The number of Topliss-reactive ketones (excluding diaryl/α,β-unsaturated/α-hetero) is 1. The molecule has 0 fully saturated rings. The van der Waals surface area contributed by atoms with Crippen LogP contribution in [0.15, 0.2) is 42.9 Å². The van der Waals surface area contributed by atoms with Gasteiger partial charge in [-0.15, -0.1) is 0 Å². The minimum atomic E-state index is -0.581. The molecule has 0 N–H and O–H groups in total. The highest BCUT2D eigenvalue weighted by Crippen LogP contribution is 2.20. The maximum absolute atomic E-state index is 12.5. The summed E-state index contributed by atoms with van der Waals surface area (Å²) in [6.07, 6.45) is 4.53. The fraction of sp³-hybridized carbons (Fsp3) is 0.312. The molecule has 1 unspecified atom stereocenters. The van der Waals surface area contributed by atoms with Gasteiger partial charge in [0.1, 0.15) is 11.4 Å². The van der Waals surface area contributed by atoms with E-state index in [1.807, 2.05) is 13.8 Å². The molecule has 0 aliphatic carbocycles. The number of carbonyl (C=O) groups excluding carboxylic acids is 1. The van der Waals surface area contributed by atoms with Gasteiger partial charge in [-0.05, 0) is 36.6 Å². The molecule has 0 aliphatic rings. The average Bonchev–Trinajstić information content (AvgIpc) is 2.48. The van der Waals surface area contributed by atoms with Crippen LogP contribution in [0.25, 0.3) is 0 Å². The van der Waals surface area contributed by atoms with Crippen molar-refractivity contribution in [1.29, 1.82) is 0 Å². The number of ketones is 1. The summed E-state index contributed by atoms with van der Waals surface area (Å²) in [4.78, 5) is 20.5. The third-order valence-electron chi connectivity index (χ3n) is 2.89. The van der Waals surface area contributed by atoms with Gasteiger partial charge in [-0.2, -0.15) is 0 Å². The summed E-state index contributed by atoms with van der Waals surface area (Å²) >= 11 is 5.85. The number of hydrogen-bond acceptors (Lipinski definition) is 4. The van der Waals surface area contributed by atoms with E-state index in [1.54, 1.807) is 24.3 Å². The van der Waals surface area contributed by atoms with Crippen LogP contribution in [0.3, 0.4) is 0 Å². The maximum Gasteiger partial charge on any atom is 0.223 e. The van der Waals surface area contributed by atoms with Gasteiger partial charge in [0.15, 0.2) is 6.10 Å². The van der Waals surface area contributed by atoms with Crippen molar-refractivity contribution in [2.75, 3.05) is 0 Å². The second kappa shape index (κ2) is 7.18. The minimum absolute atomic E-state index is 0.160. The summed E-state index contributed by atoms with van der Waals surface area (Å²) in [5.74, 6) is 0.775.